The van der Waals surface area contributed by atoms with Gasteiger partial charge < -0.3 is 28.8 Å². The average Bonchev–Trinajstić information content (AvgIpc) is 3.49. The first-order chi connectivity index (χ1) is 40.5. The summed E-state index contributed by atoms with van der Waals surface area (Å²) in [6, 6.07) is -0.817. The van der Waals surface area contributed by atoms with Crippen molar-refractivity contribution >= 4 is 13.7 Å². The van der Waals surface area contributed by atoms with E-state index in [0.717, 1.165) is 122 Å². The van der Waals surface area contributed by atoms with E-state index in [9.17, 15) is 19.4 Å². The number of phosphoric acid groups is 1. The van der Waals surface area contributed by atoms with E-state index < -0.39 is 20.0 Å². The van der Waals surface area contributed by atoms with Crippen molar-refractivity contribution < 1.29 is 32.9 Å². The van der Waals surface area contributed by atoms with Crippen molar-refractivity contribution in [1.29, 1.82) is 0 Å². The van der Waals surface area contributed by atoms with Crippen molar-refractivity contribution in [3.8, 4) is 0 Å². The summed E-state index contributed by atoms with van der Waals surface area (Å²) in [4.78, 5) is 25.6. The maximum atomic E-state index is 13.0. The number of nitrogens with one attached hydrogen (secondary N) is 1. The molecule has 0 aliphatic carbocycles. The third-order valence-corrected chi connectivity index (χ3v) is 15.6. The molecule has 0 heterocycles. The van der Waals surface area contributed by atoms with Crippen LogP contribution in [0, 0.1) is 0 Å². The van der Waals surface area contributed by atoms with Crippen LogP contribution in [-0.2, 0) is 18.4 Å². The van der Waals surface area contributed by atoms with Crippen LogP contribution in [0.5, 0.6) is 0 Å². The highest BCUT2D eigenvalue weighted by Gasteiger charge is 2.24. The van der Waals surface area contributed by atoms with Crippen molar-refractivity contribution in [2.75, 3.05) is 40.9 Å². The van der Waals surface area contributed by atoms with Gasteiger partial charge in [-0.15, -0.1) is 0 Å². The van der Waals surface area contributed by atoms with E-state index in [1.165, 1.54) is 128 Å². The number of likely N-dealkylation sites (N-methyl/N-ethyl adjacent to an activating group) is 1. The Labute approximate surface area is 513 Å². The number of carbonyl (C=O) groups excluding carboxylic acids is 1. The van der Waals surface area contributed by atoms with Crippen molar-refractivity contribution in [2.24, 2.45) is 0 Å². The number of nitrogens with zero attached hydrogens (tertiary/aromatic N) is 1. The molecule has 0 saturated heterocycles. The number of quaternary nitrogens is 1. The number of hydrogen-bond acceptors (Lipinski definition) is 6. The van der Waals surface area contributed by atoms with Gasteiger partial charge in [0.1, 0.15) is 13.2 Å². The average molecular weight is 1170 g/mol. The topological polar surface area (TPSA) is 108 Å². The van der Waals surface area contributed by atoms with Crippen molar-refractivity contribution in [1.82, 2.24) is 5.32 Å². The molecule has 83 heavy (non-hydrogen) atoms. The molecule has 0 aliphatic rings. The maximum absolute atomic E-state index is 13.0. The zero-order valence-electron chi connectivity index (χ0n) is 54.4. The fourth-order valence-corrected chi connectivity index (χ4v) is 10.1. The Hall–Kier alpha value is -3.36. The largest absolute Gasteiger partial charge is 0.756 e. The van der Waals surface area contributed by atoms with E-state index in [4.69, 9.17) is 9.05 Å². The molecule has 0 fully saturated rings. The van der Waals surface area contributed by atoms with Crippen LogP contribution in [-0.4, -0.2) is 68.5 Å². The van der Waals surface area contributed by atoms with E-state index in [-0.39, 0.29) is 19.1 Å². The SMILES string of the molecule is CC/C=C\C/C=C\C/C=C\C/C=C\C/C=C\C/C=C\C/C=C\C/C=C\C/C=C\C/C=C\C/C=C\CCCCCCCCCC(=O)NC(COP(=O)([O-])OCC[N+](C)(C)C)C(O)CCCCCCCCCCCCCCCCCCCCCC. The second-order valence-corrected chi connectivity index (χ2v) is 25.2. The predicted octanol–water partition coefficient (Wildman–Crippen LogP) is 21.2. The first kappa shape index (κ1) is 79.6. The minimum absolute atomic E-state index is 0.00402. The predicted molar refractivity (Wildman–Crippen MR) is 362 cm³/mol. The normalized spacial score (nSPS) is 14.5. The molecule has 0 saturated carbocycles. The Morgan fingerprint density at radius 3 is 1.07 bits per heavy atom. The fourth-order valence-electron chi connectivity index (χ4n) is 9.40. The van der Waals surface area contributed by atoms with Gasteiger partial charge in [-0.25, -0.2) is 0 Å². The first-order valence-electron chi connectivity index (χ1n) is 34.0. The van der Waals surface area contributed by atoms with Gasteiger partial charge in [-0.05, 0) is 96.3 Å². The summed E-state index contributed by atoms with van der Waals surface area (Å²) in [5.74, 6) is -0.179. The highest BCUT2D eigenvalue weighted by molar-refractivity contribution is 7.45. The molecule has 0 rings (SSSR count). The highest BCUT2D eigenvalue weighted by atomic mass is 31.2. The fraction of sp³-hybridized carbons (Fsp3) is 0.689. The maximum Gasteiger partial charge on any atom is 0.268 e. The lowest BCUT2D eigenvalue weighted by Crippen LogP contribution is -2.46. The molecule has 0 aliphatic heterocycles. The van der Waals surface area contributed by atoms with Gasteiger partial charge in [-0.2, -0.15) is 0 Å². The van der Waals surface area contributed by atoms with Gasteiger partial charge >= 0.3 is 0 Å². The number of carbonyl (C=O) groups is 1. The molecule has 0 aromatic rings. The van der Waals surface area contributed by atoms with Crippen LogP contribution in [0.2, 0.25) is 0 Å². The lowest BCUT2D eigenvalue weighted by atomic mass is 10.0. The Bertz CT molecular complexity index is 1810. The second-order valence-electron chi connectivity index (χ2n) is 23.8. The molecule has 0 spiro atoms. The summed E-state index contributed by atoms with van der Waals surface area (Å²) in [7, 11) is 1.29. The molecule has 9 heteroatoms. The number of aliphatic hydroxyl groups is 1. The Morgan fingerprint density at radius 1 is 0.434 bits per heavy atom. The number of hydrogen-bond donors (Lipinski definition) is 2. The Morgan fingerprint density at radius 2 is 0.735 bits per heavy atom. The van der Waals surface area contributed by atoms with E-state index >= 15 is 0 Å². The van der Waals surface area contributed by atoms with Gasteiger partial charge in [-0.1, -0.05) is 308 Å². The minimum Gasteiger partial charge on any atom is -0.756 e. The first-order valence-corrected chi connectivity index (χ1v) is 35.5. The molecule has 0 bridgehead atoms. The van der Waals surface area contributed by atoms with Crippen molar-refractivity contribution in [3.05, 3.63) is 134 Å². The zero-order chi connectivity index (χ0) is 60.5. The summed E-state index contributed by atoms with van der Waals surface area (Å²) < 4.78 is 23.5. The third kappa shape index (κ3) is 66.0. The molecule has 3 atom stereocenters. The van der Waals surface area contributed by atoms with E-state index in [1.807, 2.05) is 21.1 Å². The van der Waals surface area contributed by atoms with Crippen LogP contribution in [0.1, 0.15) is 277 Å². The van der Waals surface area contributed by atoms with Crippen molar-refractivity contribution in [2.45, 2.75) is 289 Å². The van der Waals surface area contributed by atoms with Crippen LogP contribution < -0.4 is 10.2 Å². The minimum atomic E-state index is -4.59. The van der Waals surface area contributed by atoms with E-state index in [1.54, 1.807) is 0 Å². The van der Waals surface area contributed by atoms with Gasteiger partial charge in [0, 0.05) is 6.42 Å². The zero-order valence-corrected chi connectivity index (χ0v) is 55.2. The molecular weight excluding hydrogens is 1040 g/mol. The highest BCUT2D eigenvalue weighted by Crippen LogP contribution is 2.38. The quantitative estimate of drug-likeness (QED) is 0.0272. The number of allylic oxidation sites excluding steroid dienone is 22. The molecule has 0 aromatic carbocycles. The summed E-state index contributed by atoms with van der Waals surface area (Å²) in [6.07, 6.45) is 95.1. The molecule has 2 N–H and O–H groups in total. The van der Waals surface area contributed by atoms with Gasteiger partial charge in [-0.3, -0.25) is 9.36 Å². The summed E-state index contributed by atoms with van der Waals surface area (Å²) in [5.41, 5.74) is 0. The molecule has 0 aromatic heterocycles. The van der Waals surface area contributed by atoms with E-state index in [0.29, 0.717) is 23.9 Å². The Kier molecular flexibility index (Phi) is 60.6. The van der Waals surface area contributed by atoms with Gasteiger partial charge in [0.05, 0.1) is 39.9 Å². The third-order valence-electron chi connectivity index (χ3n) is 14.7. The molecular formula is C74H129N2O6P. The van der Waals surface area contributed by atoms with Crippen LogP contribution >= 0.6 is 7.82 Å². The standard InChI is InChI=1S/C74H129N2O6P/c1-6-8-10-12-14-16-18-20-22-24-26-28-29-30-31-32-33-34-35-36-37-38-39-40-41-42-43-44-45-46-47-48-50-52-54-56-58-60-62-64-66-68-74(78)75-72(71-82-83(79,80)81-70-69-76(3,4)5)73(77)67-65-63-61-59-57-55-53-51-49-27-25-23-21-19-17-15-13-11-9-7-2/h8,10,14,16,20,22,26,28,30-31,33-34,36-37,39-40,42-43,45-46,48,50,72-73,77H,6-7,9,11-13,15,17-19,21,23-25,27,29,32,35,38,41,44,47,49,51-71H2,1-5H3,(H-,75,78,79,80)/b10-8-,16-14-,22-20-,28-26-,31-30-,34-33-,37-36-,40-39-,43-42-,46-45-,50-48-. The van der Waals surface area contributed by atoms with E-state index in [2.05, 4.69) is 153 Å². The summed E-state index contributed by atoms with van der Waals surface area (Å²) in [5, 5.41) is 14.1. The monoisotopic (exact) mass is 1170 g/mol. The number of amides is 1. The molecule has 3 unspecified atom stereocenters. The lowest BCUT2D eigenvalue weighted by molar-refractivity contribution is -0.870. The number of aliphatic hydroxyl groups excluding tert-OH is 1. The molecule has 476 valence electrons. The smallest absolute Gasteiger partial charge is 0.268 e. The van der Waals surface area contributed by atoms with Crippen LogP contribution in [0.15, 0.2) is 134 Å². The second kappa shape index (κ2) is 63.2. The van der Waals surface area contributed by atoms with Crippen LogP contribution in [0.4, 0.5) is 0 Å². The number of unbranched alkanes of at least 4 members (excludes halogenated alkanes) is 26. The lowest BCUT2D eigenvalue weighted by Gasteiger charge is -2.30. The van der Waals surface area contributed by atoms with Crippen LogP contribution in [0.3, 0.4) is 0 Å². The Balaban J connectivity index is 4.13. The van der Waals surface area contributed by atoms with Crippen molar-refractivity contribution in [3.63, 3.8) is 0 Å². The van der Waals surface area contributed by atoms with Crippen LogP contribution in [0.25, 0.3) is 0 Å². The van der Waals surface area contributed by atoms with Gasteiger partial charge in [0.25, 0.3) is 7.82 Å². The number of rotatable bonds is 61. The molecule has 0 radical (unpaired) electrons. The summed E-state index contributed by atoms with van der Waals surface area (Å²) in [6.45, 7) is 4.61. The molecule has 8 nitrogen and oxygen atoms in total. The summed E-state index contributed by atoms with van der Waals surface area (Å²) >= 11 is 0. The van der Waals surface area contributed by atoms with Gasteiger partial charge in [0.2, 0.25) is 5.91 Å². The molecule has 1 amide bonds. The number of phosphoric ester groups is 1. The van der Waals surface area contributed by atoms with Gasteiger partial charge in [0.15, 0.2) is 0 Å².